The van der Waals surface area contributed by atoms with Crippen LogP contribution >= 0.6 is 23.1 Å². The summed E-state index contributed by atoms with van der Waals surface area (Å²) in [6, 6.07) is 6.50. The minimum absolute atomic E-state index is 0.183. The highest BCUT2D eigenvalue weighted by Crippen LogP contribution is 2.42. The van der Waals surface area contributed by atoms with Crippen LogP contribution in [0.15, 0.2) is 29.8 Å². The molecule has 2 aromatic rings. The number of hydrogen-bond donors (Lipinski definition) is 3. The molecule has 1 aromatic heterocycles. The number of aryl methyl sites for hydroxylation is 1. The molecule has 2 aliphatic carbocycles. The molecule has 1 aromatic carbocycles. The highest BCUT2D eigenvalue weighted by Gasteiger charge is 2.53. The number of likely N-dealkylation sites (tertiary alicyclic amines) is 1. The summed E-state index contributed by atoms with van der Waals surface area (Å²) < 4.78 is 14.2. The van der Waals surface area contributed by atoms with E-state index >= 15 is 0 Å². The Bertz CT molecular complexity index is 1340. The van der Waals surface area contributed by atoms with Gasteiger partial charge in [-0.2, -0.15) is 11.8 Å². The van der Waals surface area contributed by atoms with Crippen molar-refractivity contribution in [2.45, 2.75) is 101 Å². The lowest BCUT2D eigenvalue weighted by Crippen LogP contribution is -2.61. The van der Waals surface area contributed by atoms with Crippen LogP contribution in [0, 0.1) is 18.8 Å². The second-order valence-corrected chi connectivity index (χ2v) is 16.1. The summed E-state index contributed by atoms with van der Waals surface area (Å²) in [6.45, 7) is 7.75. The number of halogens is 1. The molecule has 3 N–H and O–H groups in total. The van der Waals surface area contributed by atoms with Gasteiger partial charge in [0.2, 0.25) is 11.8 Å². The zero-order valence-corrected chi connectivity index (χ0v) is 28.6. The van der Waals surface area contributed by atoms with Crippen molar-refractivity contribution < 1.29 is 18.8 Å². The maximum Gasteiger partial charge on any atom is 0.258 e. The van der Waals surface area contributed by atoms with Gasteiger partial charge < -0.3 is 20.9 Å². The van der Waals surface area contributed by atoms with E-state index in [4.69, 9.17) is 0 Å². The molecule has 5 rings (SSSR count). The Hall–Kier alpha value is -2.50. The fourth-order valence-corrected chi connectivity index (χ4v) is 8.70. The van der Waals surface area contributed by atoms with Crippen LogP contribution in [0.5, 0.6) is 0 Å². The molecule has 2 saturated carbocycles. The van der Waals surface area contributed by atoms with Gasteiger partial charge in [-0.05, 0) is 114 Å². The number of thioether (sulfide) groups is 1. The van der Waals surface area contributed by atoms with E-state index in [1.54, 1.807) is 28.0 Å². The molecular formula is C34H48FN5O3S2. The van der Waals surface area contributed by atoms with Crippen molar-refractivity contribution in [2.75, 3.05) is 25.9 Å². The van der Waals surface area contributed by atoms with E-state index in [-0.39, 0.29) is 24.7 Å². The quantitative estimate of drug-likeness (QED) is 0.272. The van der Waals surface area contributed by atoms with Gasteiger partial charge in [-0.25, -0.2) is 9.37 Å². The summed E-state index contributed by atoms with van der Waals surface area (Å²) in [5.41, 5.74) is 3.00. The van der Waals surface area contributed by atoms with Crippen molar-refractivity contribution in [3.8, 4) is 10.4 Å². The molecule has 246 valence electrons. The molecule has 0 bridgehead atoms. The predicted molar refractivity (Wildman–Crippen MR) is 180 cm³/mol. The minimum atomic E-state index is -1.89. The third kappa shape index (κ3) is 8.27. The Kier molecular flexibility index (Phi) is 10.9. The lowest BCUT2D eigenvalue weighted by Gasteiger charge is -2.38. The molecule has 3 fully saturated rings. The van der Waals surface area contributed by atoms with Crippen molar-refractivity contribution >= 4 is 40.8 Å². The number of carbonyl (C=O) groups is 3. The molecule has 3 amide bonds. The summed E-state index contributed by atoms with van der Waals surface area (Å²) in [6.07, 6.45) is 6.30. The summed E-state index contributed by atoms with van der Waals surface area (Å²) in [5, 5.41) is 9.13. The van der Waals surface area contributed by atoms with Gasteiger partial charge in [0.15, 0.2) is 5.67 Å². The van der Waals surface area contributed by atoms with Crippen LogP contribution in [0.1, 0.15) is 76.5 Å². The molecule has 2 atom stereocenters. The molecule has 1 saturated heterocycles. The lowest BCUT2D eigenvalue weighted by molar-refractivity contribution is -0.143. The number of carbonyl (C=O) groups excluding carboxylic acids is 3. The molecule has 8 nitrogen and oxygen atoms in total. The number of nitrogens with zero attached hydrogens (tertiary/aromatic N) is 2. The molecule has 3 aliphatic rings. The first-order chi connectivity index (χ1) is 21.5. The summed E-state index contributed by atoms with van der Waals surface area (Å²) in [7, 11) is 2.00. The maximum atomic E-state index is 14.8. The molecule has 0 spiro atoms. The topological polar surface area (TPSA) is 103 Å². The fraction of sp³-hybridized carbons (Fsp3) is 0.647. The van der Waals surface area contributed by atoms with Crippen molar-refractivity contribution in [3.63, 3.8) is 0 Å². The Morgan fingerprint density at radius 3 is 2.42 bits per heavy atom. The molecule has 11 heteroatoms. The van der Waals surface area contributed by atoms with Crippen LogP contribution in [-0.2, 0) is 20.9 Å². The highest BCUT2D eigenvalue weighted by atomic mass is 32.2. The molecule has 45 heavy (non-hydrogen) atoms. The summed E-state index contributed by atoms with van der Waals surface area (Å²) in [5.74, 6) is 0.925. The van der Waals surface area contributed by atoms with Crippen LogP contribution in [0.4, 0.5) is 4.39 Å². The largest absolute Gasteiger partial charge is 0.350 e. The van der Waals surface area contributed by atoms with Gasteiger partial charge in [-0.15, -0.1) is 11.3 Å². The van der Waals surface area contributed by atoms with Gasteiger partial charge in [0, 0.05) is 17.8 Å². The van der Waals surface area contributed by atoms with E-state index in [0.29, 0.717) is 37.8 Å². The molecule has 0 radical (unpaired) electrons. The minimum Gasteiger partial charge on any atom is -0.350 e. The fourth-order valence-electron chi connectivity index (χ4n) is 6.57. The average molecular weight is 658 g/mol. The SMILES string of the molecule is CNCC1CCC(CSC(C)(C)C(NC(=O)C2(F)CC2)C(=O)N2CCCC2C(=O)NCc2ccc(-c3scnc3C)cc2)CC1. The Morgan fingerprint density at radius 1 is 1.11 bits per heavy atom. The average Bonchev–Trinajstić information content (AvgIpc) is 3.39. The van der Waals surface area contributed by atoms with E-state index in [2.05, 4.69) is 20.9 Å². The van der Waals surface area contributed by atoms with Crippen molar-refractivity contribution in [1.29, 1.82) is 0 Å². The third-order valence-electron chi connectivity index (χ3n) is 9.73. The monoisotopic (exact) mass is 657 g/mol. The molecular weight excluding hydrogens is 610 g/mol. The smallest absolute Gasteiger partial charge is 0.258 e. The van der Waals surface area contributed by atoms with Crippen LogP contribution in [0.25, 0.3) is 10.4 Å². The number of amides is 3. The molecule has 1 aliphatic heterocycles. The third-order valence-corrected chi connectivity index (χ3v) is 12.3. The van der Waals surface area contributed by atoms with Crippen LogP contribution in [-0.4, -0.2) is 76.0 Å². The van der Waals surface area contributed by atoms with E-state index in [1.165, 1.54) is 12.8 Å². The van der Waals surface area contributed by atoms with Crippen molar-refractivity contribution in [3.05, 3.63) is 41.0 Å². The zero-order chi connectivity index (χ0) is 32.2. The second kappa shape index (κ2) is 14.5. The normalized spacial score (nSPS) is 23.4. The Balaban J connectivity index is 1.22. The van der Waals surface area contributed by atoms with Gasteiger partial charge in [-0.3, -0.25) is 14.4 Å². The first-order valence-electron chi connectivity index (χ1n) is 16.4. The van der Waals surface area contributed by atoms with Gasteiger partial charge in [0.05, 0.1) is 16.1 Å². The Morgan fingerprint density at radius 2 is 1.80 bits per heavy atom. The van der Waals surface area contributed by atoms with Crippen LogP contribution < -0.4 is 16.0 Å². The van der Waals surface area contributed by atoms with E-state index < -0.39 is 28.4 Å². The van der Waals surface area contributed by atoms with Gasteiger partial charge in [0.1, 0.15) is 12.1 Å². The van der Waals surface area contributed by atoms with E-state index in [0.717, 1.165) is 46.8 Å². The number of alkyl halides is 1. The Labute approximate surface area is 275 Å². The van der Waals surface area contributed by atoms with Crippen molar-refractivity contribution in [2.24, 2.45) is 11.8 Å². The first-order valence-corrected chi connectivity index (χ1v) is 18.2. The summed E-state index contributed by atoms with van der Waals surface area (Å²) >= 11 is 3.28. The van der Waals surface area contributed by atoms with Crippen LogP contribution in [0.3, 0.4) is 0 Å². The lowest BCUT2D eigenvalue weighted by atomic mass is 9.83. The van der Waals surface area contributed by atoms with Crippen LogP contribution in [0.2, 0.25) is 0 Å². The number of nitrogens with one attached hydrogen (secondary N) is 3. The zero-order valence-electron chi connectivity index (χ0n) is 27.0. The second-order valence-electron chi connectivity index (χ2n) is 13.6. The summed E-state index contributed by atoms with van der Waals surface area (Å²) in [4.78, 5) is 47.6. The first kappa shape index (κ1) is 33.9. The van der Waals surface area contributed by atoms with Gasteiger partial charge in [-0.1, -0.05) is 24.3 Å². The number of thiazole rings is 1. The molecule has 2 heterocycles. The van der Waals surface area contributed by atoms with E-state index in [9.17, 15) is 18.8 Å². The highest BCUT2D eigenvalue weighted by molar-refractivity contribution is 8.00. The van der Waals surface area contributed by atoms with E-state index in [1.807, 2.05) is 57.6 Å². The number of benzene rings is 1. The van der Waals surface area contributed by atoms with Gasteiger partial charge >= 0.3 is 0 Å². The van der Waals surface area contributed by atoms with Gasteiger partial charge in [0.25, 0.3) is 5.91 Å². The number of hydrogen-bond acceptors (Lipinski definition) is 7. The standard InChI is InChI=1S/C34H48FN5O3S2/c1-22-28(44-21-38-22)26-13-11-24(12-14-26)19-37-30(41)27-6-5-17-40(27)31(42)29(39-32(43)34(35)15-16-34)33(2,3)45-20-25-9-7-23(8-10-25)18-36-4/h11-14,21,23,25,27,29,36H,5-10,15-20H2,1-4H3,(H,37,41)(H,39,43). The maximum absolute atomic E-state index is 14.8. The molecule has 2 unspecified atom stereocenters. The number of aromatic nitrogens is 1. The van der Waals surface area contributed by atoms with Crippen molar-refractivity contribution in [1.82, 2.24) is 25.8 Å². The predicted octanol–water partition coefficient (Wildman–Crippen LogP) is 5.25. The number of rotatable bonds is 13.